The Balaban J connectivity index is 0. The maximum Gasteiger partial charge on any atom is 0.0594 e. The molecule has 1 unspecified atom stereocenters. The number of nitrogens with zero attached hydrogens (tertiary/aromatic N) is 1. The summed E-state index contributed by atoms with van der Waals surface area (Å²) < 4.78 is 5.28. The topological polar surface area (TPSA) is 38.5 Å². The van der Waals surface area contributed by atoms with Gasteiger partial charge >= 0.3 is 0 Å². The molecule has 1 atom stereocenters. The highest BCUT2D eigenvalue weighted by atomic mass is 35.5. The smallest absolute Gasteiger partial charge is 0.0594 e. The summed E-state index contributed by atoms with van der Waals surface area (Å²) in [6, 6.07) is 0.332. The van der Waals surface area contributed by atoms with Crippen LogP contribution in [0.15, 0.2) is 0 Å². The lowest BCUT2D eigenvalue weighted by Gasteiger charge is -2.29. The van der Waals surface area contributed by atoms with Gasteiger partial charge in [-0.1, -0.05) is 13.8 Å². The highest BCUT2D eigenvalue weighted by molar-refractivity contribution is 5.85. The first-order valence-corrected chi connectivity index (χ1v) is 5.24. The molecule has 1 heterocycles. The summed E-state index contributed by atoms with van der Waals surface area (Å²) in [5.74, 6) is 0.705. The molecule has 1 saturated heterocycles. The van der Waals surface area contributed by atoms with E-state index in [4.69, 9.17) is 10.5 Å². The second kappa shape index (κ2) is 9.67. The molecule has 0 aromatic carbocycles. The van der Waals surface area contributed by atoms with Crippen LogP contribution in [0, 0.1) is 5.92 Å². The van der Waals surface area contributed by atoms with Gasteiger partial charge in [-0.25, -0.2) is 0 Å². The van der Waals surface area contributed by atoms with Gasteiger partial charge in [-0.2, -0.15) is 0 Å². The summed E-state index contributed by atoms with van der Waals surface area (Å²) in [4.78, 5) is 2.40. The Hall–Kier alpha value is 0.460. The molecule has 0 aromatic heterocycles. The fourth-order valence-corrected chi connectivity index (χ4v) is 1.80. The predicted octanol–water partition coefficient (Wildman–Crippen LogP) is 1.54. The molecule has 0 aliphatic carbocycles. The van der Waals surface area contributed by atoms with E-state index in [1.807, 2.05) is 0 Å². The fraction of sp³-hybridized carbons (Fsp3) is 1.00. The molecule has 1 aliphatic heterocycles. The van der Waals surface area contributed by atoms with Gasteiger partial charge in [0, 0.05) is 25.7 Å². The molecule has 0 bridgehead atoms. The molecular formula is C10H24Cl2N2O. The van der Waals surface area contributed by atoms with Crippen molar-refractivity contribution in [1.82, 2.24) is 4.90 Å². The monoisotopic (exact) mass is 258 g/mol. The van der Waals surface area contributed by atoms with Crippen LogP contribution in [0.3, 0.4) is 0 Å². The third kappa shape index (κ3) is 8.29. The Morgan fingerprint density at radius 2 is 1.73 bits per heavy atom. The van der Waals surface area contributed by atoms with E-state index >= 15 is 0 Å². The van der Waals surface area contributed by atoms with Crippen LogP contribution in [0.5, 0.6) is 0 Å². The number of halogens is 2. The number of nitrogens with two attached hydrogens (primary N) is 1. The molecule has 2 N–H and O–H groups in total. The van der Waals surface area contributed by atoms with Crippen LogP contribution in [0.2, 0.25) is 0 Å². The average molecular weight is 259 g/mol. The molecule has 94 valence electrons. The Bertz CT molecular complexity index is 141. The van der Waals surface area contributed by atoms with Crippen LogP contribution < -0.4 is 5.73 Å². The maximum atomic E-state index is 6.02. The molecule has 15 heavy (non-hydrogen) atoms. The number of rotatable bonds is 4. The van der Waals surface area contributed by atoms with Crippen molar-refractivity contribution in [2.75, 3.05) is 32.8 Å². The third-order valence-electron chi connectivity index (χ3n) is 2.37. The first-order chi connectivity index (χ1) is 6.18. The molecule has 0 saturated carbocycles. The summed E-state index contributed by atoms with van der Waals surface area (Å²) in [6.45, 7) is 9.31. The Kier molecular flexibility index (Phi) is 11.5. The molecule has 5 heteroatoms. The van der Waals surface area contributed by atoms with E-state index in [1.54, 1.807) is 0 Å². The highest BCUT2D eigenvalue weighted by Gasteiger charge is 2.14. The van der Waals surface area contributed by atoms with Crippen molar-refractivity contribution in [3.05, 3.63) is 0 Å². The van der Waals surface area contributed by atoms with Gasteiger partial charge in [-0.05, 0) is 12.3 Å². The van der Waals surface area contributed by atoms with Gasteiger partial charge in [0.1, 0.15) is 0 Å². The first kappa shape index (κ1) is 17.8. The zero-order chi connectivity index (χ0) is 9.68. The summed E-state index contributed by atoms with van der Waals surface area (Å²) in [7, 11) is 0. The molecule has 0 radical (unpaired) electrons. The van der Waals surface area contributed by atoms with Gasteiger partial charge in [0.15, 0.2) is 0 Å². The van der Waals surface area contributed by atoms with Crippen molar-refractivity contribution in [3.63, 3.8) is 0 Å². The SMILES string of the molecule is CC(C)CC(N)CN1CCOCC1.Cl.Cl. The first-order valence-electron chi connectivity index (χ1n) is 5.24. The van der Waals surface area contributed by atoms with E-state index in [9.17, 15) is 0 Å². The van der Waals surface area contributed by atoms with Crippen molar-refractivity contribution in [2.45, 2.75) is 26.3 Å². The van der Waals surface area contributed by atoms with E-state index < -0.39 is 0 Å². The van der Waals surface area contributed by atoms with Crippen LogP contribution in [0.1, 0.15) is 20.3 Å². The van der Waals surface area contributed by atoms with Gasteiger partial charge in [0.05, 0.1) is 13.2 Å². The molecular weight excluding hydrogens is 235 g/mol. The second-order valence-electron chi connectivity index (χ2n) is 4.30. The van der Waals surface area contributed by atoms with Crippen LogP contribution in [0.25, 0.3) is 0 Å². The number of morpholine rings is 1. The summed E-state index contributed by atoms with van der Waals surface area (Å²) in [5, 5.41) is 0. The quantitative estimate of drug-likeness (QED) is 0.832. The largest absolute Gasteiger partial charge is 0.379 e. The Morgan fingerprint density at radius 1 is 1.20 bits per heavy atom. The third-order valence-corrected chi connectivity index (χ3v) is 2.37. The highest BCUT2D eigenvalue weighted by Crippen LogP contribution is 2.05. The lowest BCUT2D eigenvalue weighted by molar-refractivity contribution is 0.0345. The predicted molar refractivity (Wildman–Crippen MR) is 69.2 cm³/mol. The molecule has 0 amide bonds. The number of hydrogen-bond donors (Lipinski definition) is 1. The second-order valence-corrected chi connectivity index (χ2v) is 4.30. The van der Waals surface area contributed by atoms with Crippen LogP contribution >= 0.6 is 24.8 Å². The van der Waals surface area contributed by atoms with Crippen LogP contribution in [-0.4, -0.2) is 43.8 Å². The minimum atomic E-state index is 0. The van der Waals surface area contributed by atoms with Crippen molar-refractivity contribution in [2.24, 2.45) is 11.7 Å². The average Bonchev–Trinajstić information content (AvgIpc) is 2.04. The summed E-state index contributed by atoms with van der Waals surface area (Å²) in [6.07, 6.45) is 1.12. The molecule has 3 nitrogen and oxygen atoms in total. The fourth-order valence-electron chi connectivity index (χ4n) is 1.80. The lowest BCUT2D eigenvalue weighted by atomic mass is 10.0. The zero-order valence-electron chi connectivity index (χ0n) is 9.65. The van der Waals surface area contributed by atoms with E-state index in [0.29, 0.717) is 12.0 Å². The van der Waals surface area contributed by atoms with Crippen LogP contribution in [0.4, 0.5) is 0 Å². The molecule has 1 rings (SSSR count). The minimum Gasteiger partial charge on any atom is -0.379 e. The van der Waals surface area contributed by atoms with Gasteiger partial charge < -0.3 is 10.5 Å². The number of ether oxygens (including phenoxy) is 1. The molecule has 0 spiro atoms. The standard InChI is InChI=1S/C10H22N2O.2ClH/c1-9(2)7-10(11)8-12-3-5-13-6-4-12;;/h9-10H,3-8,11H2,1-2H3;2*1H. The summed E-state index contributed by atoms with van der Waals surface area (Å²) >= 11 is 0. The van der Waals surface area contributed by atoms with Crippen molar-refractivity contribution < 1.29 is 4.74 Å². The normalized spacial score (nSPS) is 19.2. The Morgan fingerprint density at radius 3 is 2.20 bits per heavy atom. The number of hydrogen-bond acceptors (Lipinski definition) is 3. The lowest BCUT2D eigenvalue weighted by Crippen LogP contribution is -2.44. The summed E-state index contributed by atoms with van der Waals surface area (Å²) in [5.41, 5.74) is 6.02. The Labute approximate surface area is 106 Å². The van der Waals surface area contributed by atoms with Crippen molar-refractivity contribution >= 4 is 24.8 Å². The van der Waals surface area contributed by atoms with Crippen molar-refractivity contribution in [3.8, 4) is 0 Å². The van der Waals surface area contributed by atoms with E-state index in [0.717, 1.165) is 39.3 Å². The van der Waals surface area contributed by atoms with E-state index in [1.165, 1.54) is 0 Å². The van der Waals surface area contributed by atoms with Crippen LogP contribution in [-0.2, 0) is 4.74 Å². The van der Waals surface area contributed by atoms with Gasteiger partial charge in [-0.3, -0.25) is 4.90 Å². The van der Waals surface area contributed by atoms with Gasteiger partial charge in [0.2, 0.25) is 0 Å². The van der Waals surface area contributed by atoms with Crippen molar-refractivity contribution in [1.29, 1.82) is 0 Å². The molecule has 1 aliphatic rings. The zero-order valence-corrected chi connectivity index (χ0v) is 11.3. The molecule has 1 fully saturated rings. The van der Waals surface area contributed by atoms with Gasteiger partial charge in [-0.15, -0.1) is 24.8 Å². The van der Waals surface area contributed by atoms with Gasteiger partial charge in [0.25, 0.3) is 0 Å². The van der Waals surface area contributed by atoms with E-state index in [2.05, 4.69) is 18.7 Å². The minimum absolute atomic E-state index is 0. The molecule has 0 aromatic rings. The maximum absolute atomic E-state index is 6.02. The van der Waals surface area contributed by atoms with E-state index in [-0.39, 0.29) is 24.8 Å².